The first-order chi connectivity index (χ1) is 11.2. The summed E-state index contributed by atoms with van der Waals surface area (Å²) in [7, 11) is 1.67. The fraction of sp³-hybridized carbons (Fsp3) is 0.350. The number of rotatable bonds is 6. The molecule has 0 aliphatic heterocycles. The molecule has 2 aromatic rings. The lowest BCUT2D eigenvalue weighted by molar-refractivity contribution is 0.0927. The van der Waals surface area contributed by atoms with E-state index < -0.39 is 0 Å². The van der Waals surface area contributed by atoms with Crippen molar-refractivity contribution in [1.82, 2.24) is 5.32 Å². The van der Waals surface area contributed by atoms with Crippen LogP contribution in [0.4, 0.5) is 0 Å². The van der Waals surface area contributed by atoms with Gasteiger partial charge >= 0.3 is 0 Å². The van der Waals surface area contributed by atoms with Crippen LogP contribution in [-0.4, -0.2) is 19.6 Å². The molecule has 1 N–H and O–H groups in total. The molecule has 0 saturated heterocycles. The molecule has 0 bridgehead atoms. The number of amides is 1. The van der Waals surface area contributed by atoms with Crippen molar-refractivity contribution >= 4 is 5.91 Å². The van der Waals surface area contributed by atoms with Crippen LogP contribution in [0.5, 0.6) is 0 Å². The zero-order chi connectivity index (χ0) is 16.1. The van der Waals surface area contributed by atoms with E-state index in [1.807, 2.05) is 30.3 Å². The summed E-state index contributed by atoms with van der Waals surface area (Å²) < 4.78 is 5.09. The van der Waals surface area contributed by atoms with Gasteiger partial charge in [-0.25, -0.2) is 0 Å². The molecule has 1 saturated carbocycles. The monoisotopic (exact) mass is 309 g/mol. The van der Waals surface area contributed by atoms with Gasteiger partial charge in [-0.15, -0.1) is 0 Å². The molecule has 3 heteroatoms. The lowest BCUT2D eigenvalue weighted by Crippen LogP contribution is -2.45. The normalized spacial score (nSPS) is 15.7. The van der Waals surface area contributed by atoms with Crippen LogP contribution in [0.1, 0.15) is 40.7 Å². The molecule has 23 heavy (non-hydrogen) atoms. The Morgan fingerprint density at radius 1 is 1.09 bits per heavy atom. The maximum absolute atomic E-state index is 12.4. The van der Waals surface area contributed by atoms with Gasteiger partial charge in [-0.3, -0.25) is 4.79 Å². The molecule has 120 valence electrons. The molecule has 0 aromatic heterocycles. The number of hydrogen-bond donors (Lipinski definition) is 1. The van der Waals surface area contributed by atoms with Crippen molar-refractivity contribution in [3.05, 3.63) is 71.3 Å². The Kier molecular flexibility index (Phi) is 4.77. The minimum Gasteiger partial charge on any atom is -0.380 e. The highest BCUT2D eigenvalue weighted by Gasteiger charge is 2.38. The second-order valence-electron chi connectivity index (χ2n) is 6.31. The molecule has 3 rings (SSSR count). The van der Waals surface area contributed by atoms with Crippen LogP contribution in [0.2, 0.25) is 0 Å². The van der Waals surface area contributed by atoms with Crippen molar-refractivity contribution in [2.45, 2.75) is 31.3 Å². The van der Waals surface area contributed by atoms with Crippen LogP contribution >= 0.6 is 0 Å². The summed E-state index contributed by atoms with van der Waals surface area (Å²) in [5.74, 6) is -0.00354. The number of benzene rings is 2. The van der Waals surface area contributed by atoms with Crippen molar-refractivity contribution in [3.63, 3.8) is 0 Å². The van der Waals surface area contributed by atoms with E-state index in [0.29, 0.717) is 18.7 Å². The maximum atomic E-state index is 12.4. The molecule has 2 aromatic carbocycles. The topological polar surface area (TPSA) is 38.3 Å². The van der Waals surface area contributed by atoms with Gasteiger partial charge in [-0.2, -0.15) is 0 Å². The van der Waals surface area contributed by atoms with Crippen molar-refractivity contribution < 1.29 is 9.53 Å². The maximum Gasteiger partial charge on any atom is 0.251 e. The van der Waals surface area contributed by atoms with Gasteiger partial charge in [0.15, 0.2) is 0 Å². The van der Waals surface area contributed by atoms with Crippen LogP contribution in [0.3, 0.4) is 0 Å². The van der Waals surface area contributed by atoms with Crippen LogP contribution in [0.25, 0.3) is 0 Å². The van der Waals surface area contributed by atoms with E-state index in [0.717, 1.165) is 18.4 Å². The molecule has 0 radical (unpaired) electrons. The number of ether oxygens (including phenoxy) is 1. The molecule has 0 atom stereocenters. The number of methoxy groups -OCH3 is 1. The van der Waals surface area contributed by atoms with Crippen LogP contribution < -0.4 is 5.32 Å². The van der Waals surface area contributed by atoms with Crippen molar-refractivity contribution in [3.8, 4) is 0 Å². The van der Waals surface area contributed by atoms with Crippen LogP contribution in [-0.2, 0) is 16.8 Å². The largest absolute Gasteiger partial charge is 0.380 e. The van der Waals surface area contributed by atoms with Gasteiger partial charge < -0.3 is 10.1 Å². The quantitative estimate of drug-likeness (QED) is 0.884. The number of carbonyl (C=O) groups is 1. The molecule has 1 fully saturated rings. The molecule has 1 amide bonds. The summed E-state index contributed by atoms with van der Waals surface area (Å²) in [6.07, 6.45) is 3.52. The van der Waals surface area contributed by atoms with Gasteiger partial charge in [0.25, 0.3) is 5.91 Å². The molecule has 1 aliphatic carbocycles. The molecule has 0 heterocycles. The standard InChI is InChI=1S/C20H23NO2/c1-23-14-16-8-10-17(11-9-16)19(22)21-15-20(12-5-13-20)18-6-3-2-4-7-18/h2-4,6-11H,5,12-15H2,1H3,(H,21,22). The number of hydrogen-bond acceptors (Lipinski definition) is 2. The van der Waals surface area contributed by atoms with Gasteiger partial charge in [-0.1, -0.05) is 48.9 Å². The summed E-state index contributed by atoms with van der Waals surface area (Å²) in [5, 5.41) is 3.12. The van der Waals surface area contributed by atoms with Crippen molar-refractivity contribution in [2.24, 2.45) is 0 Å². The first kappa shape index (κ1) is 15.8. The third-order valence-corrected chi connectivity index (χ3v) is 4.81. The van der Waals surface area contributed by atoms with Crippen LogP contribution in [0, 0.1) is 0 Å². The smallest absolute Gasteiger partial charge is 0.251 e. The third kappa shape index (κ3) is 3.45. The van der Waals surface area contributed by atoms with Crippen molar-refractivity contribution in [1.29, 1.82) is 0 Å². The molecular weight excluding hydrogens is 286 g/mol. The van der Waals surface area contributed by atoms with E-state index in [4.69, 9.17) is 4.74 Å². The zero-order valence-electron chi connectivity index (χ0n) is 13.5. The average Bonchev–Trinajstić information content (AvgIpc) is 2.56. The molecule has 1 aliphatic rings. The Balaban J connectivity index is 1.64. The fourth-order valence-electron chi connectivity index (χ4n) is 3.23. The highest BCUT2D eigenvalue weighted by atomic mass is 16.5. The first-order valence-corrected chi connectivity index (χ1v) is 8.15. The molecule has 0 spiro atoms. The van der Waals surface area contributed by atoms with Gasteiger partial charge in [0, 0.05) is 24.6 Å². The molecule has 0 unspecified atom stereocenters. The lowest BCUT2D eigenvalue weighted by Gasteiger charge is -2.42. The SMILES string of the molecule is COCc1ccc(C(=O)NCC2(c3ccccc3)CCC2)cc1. The lowest BCUT2D eigenvalue weighted by atomic mass is 9.64. The third-order valence-electron chi connectivity index (χ3n) is 4.81. The van der Waals surface area contributed by atoms with Gasteiger partial charge in [0.05, 0.1) is 6.61 Å². The fourth-order valence-corrected chi connectivity index (χ4v) is 3.23. The van der Waals surface area contributed by atoms with Gasteiger partial charge in [0.2, 0.25) is 0 Å². The van der Waals surface area contributed by atoms with Gasteiger partial charge in [-0.05, 0) is 36.1 Å². The molecular formula is C20H23NO2. The Hall–Kier alpha value is -2.13. The predicted octanol–water partition coefficient (Wildman–Crippen LogP) is 3.68. The number of nitrogens with one attached hydrogen (secondary N) is 1. The summed E-state index contributed by atoms with van der Waals surface area (Å²) in [4.78, 5) is 12.4. The second kappa shape index (κ2) is 6.97. The second-order valence-corrected chi connectivity index (χ2v) is 6.31. The van der Waals surface area contributed by atoms with E-state index in [2.05, 4.69) is 29.6 Å². The summed E-state index contributed by atoms with van der Waals surface area (Å²) in [6.45, 7) is 1.27. The van der Waals surface area contributed by atoms with E-state index in [9.17, 15) is 4.79 Å². The Labute approximate surface area is 137 Å². The van der Waals surface area contributed by atoms with E-state index in [1.54, 1.807) is 7.11 Å². The van der Waals surface area contributed by atoms with Gasteiger partial charge in [0.1, 0.15) is 0 Å². The predicted molar refractivity (Wildman–Crippen MR) is 91.5 cm³/mol. The average molecular weight is 309 g/mol. The Bertz CT molecular complexity index is 645. The first-order valence-electron chi connectivity index (χ1n) is 8.15. The highest BCUT2D eigenvalue weighted by molar-refractivity contribution is 5.94. The summed E-state index contributed by atoms with van der Waals surface area (Å²) in [6, 6.07) is 18.1. The van der Waals surface area contributed by atoms with Crippen molar-refractivity contribution in [2.75, 3.05) is 13.7 Å². The van der Waals surface area contributed by atoms with Crippen LogP contribution in [0.15, 0.2) is 54.6 Å². The summed E-state index contributed by atoms with van der Waals surface area (Å²) in [5.41, 5.74) is 3.23. The minimum atomic E-state index is -0.00354. The summed E-state index contributed by atoms with van der Waals surface area (Å²) >= 11 is 0. The zero-order valence-corrected chi connectivity index (χ0v) is 13.5. The Morgan fingerprint density at radius 3 is 2.35 bits per heavy atom. The number of carbonyl (C=O) groups excluding carboxylic acids is 1. The van der Waals surface area contributed by atoms with E-state index in [-0.39, 0.29) is 11.3 Å². The highest BCUT2D eigenvalue weighted by Crippen LogP contribution is 2.43. The minimum absolute atomic E-state index is 0.00354. The van der Waals surface area contributed by atoms with E-state index >= 15 is 0 Å². The molecule has 3 nitrogen and oxygen atoms in total. The Morgan fingerprint density at radius 2 is 1.78 bits per heavy atom. The van der Waals surface area contributed by atoms with E-state index in [1.165, 1.54) is 12.0 Å².